The van der Waals surface area contributed by atoms with Gasteiger partial charge in [0.2, 0.25) is 0 Å². The van der Waals surface area contributed by atoms with E-state index in [1.54, 1.807) is 0 Å². The van der Waals surface area contributed by atoms with E-state index in [-0.39, 0.29) is 0 Å². The lowest BCUT2D eigenvalue weighted by atomic mass is 10.1. The summed E-state index contributed by atoms with van der Waals surface area (Å²) in [5.41, 5.74) is 4.08. The average molecular weight is 261 g/mol. The lowest BCUT2D eigenvalue weighted by molar-refractivity contribution is 1.01. The zero-order valence-corrected chi connectivity index (χ0v) is 8.97. The van der Waals surface area contributed by atoms with Crippen LogP contribution in [0.25, 0.3) is 0 Å². The highest BCUT2D eigenvalue weighted by molar-refractivity contribution is 14.1. The number of aryl methyl sites for hydroxylation is 2. The smallest absolute Gasteiger partial charge is 0.0301 e. The summed E-state index contributed by atoms with van der Waals surface area (Å²) in [5.74, 6) is 0. The fourth-order valence-corrected chi connectivity index (χ4v) is 1.43. The molecule has 0 saturated heterocycles. The van der Waals surface area contributed by atoms with Crippen LogP contribution in [0, 0.1) is 13.8 Å². The van der Waals surface area contributed by atoms with Crippen LogP contribution in [0.5, 0.6) is 0 Å². The predicted molar refractivity (Wildman–Crippen MR) is 56.8 cm³/mol. The Morgan fingerprint density at radius 1 is 1.27 bits per heavy atom. The molecule has 0 spiro atoms. The minimum absolute atomic E-state index is 0.946. The normalized spacial score (nSPS) is 10.1. The van der Waals surface area contributed by atoms with E-state index in [0.717, 1.165) is 6.54 Å². The van der Waals surface area contributed by atoms with Crippen LogP contribution in [0.2, 0.25) is 0 Å². The van der Waals surface area contributed by atoms with Gasteiger partial charge in [0, 0.05) is 29.4 Å². The molecule has 1 aromatic rings. The molecule has 0 amide bonds. The molecule has 0 aliphatic carbocycles. The van der Waals surface area contributed by atoms with Gasteiger partial charge < -0.3 is 0 Å². The lowest BCUT2D eigenvalue weighted by Gasteiger charge is -2.02. The van der Waals surface area contributed by atoms with Gasteiger partial charge in [0.25, 0.3) is 0 Å². The highest BCUT2D eigenvalue weighted by atomic mass is 127. The summed E-state index contributed by atoms with van der Waals surface area (Å²) in [5, 5.41) is 0. The van der Waals surface area contributed by atoms with Crippen LogP contribution in [-0.4, -0.2) is 0 Å². The van der Waals surface area contributed by atoms with E-state index < -0.39 is 0 Å². The van der Waals surface area contributed by atoms with E-state index in [4.69, 9.17) is 0 Å². The predicted octanol–water partition coefficient (Wildman–Crippen LogP) is 2.74. The summed E-state index contributed by atoms with van der Waals surface area (Å²) >= 11 is 2.16. The van der Waals surface area contributed by atoms with E-state index in [1.165, 1.54) is 16.7 Å². The number of hydrogen-bond donors (Lipinski definition) is 1. The number of rotatable bonds is 2. The summed E-state index contributed by atoms with van der Waals surface area (Å²) in [6.45, 7) is 5.23. The Bertz CT molecular complexity index is 245. The monoisotopic (exact) mass is 261 g/mol. The SMILES string of the molecule is Cc1ccc(CNI)cc1C. The van der Waals surface area contributed by atoms with Crippen molar-refractivity contribution in [2.24, 2.45) is 0 Å². The van der Waals surface area contributed by atoms with Gasteiger partial charge in [-0.2, -0.15) is 0 Å². The quantitative estimate of drug-likeness (QED) is 0.637. The van der Waals surface area contributed by atoms with Crippen LogP contribution in [0.15, 0.2) is 18.2 Å². The van der Waals surface area contributed by atoms with Crippen molar-refractivity contribution in [3.05, 3.63) is 34.9 Å². The summed E-state index contributed by atoms with van der Waals surface area (Å²) in [7, 11) is 0. The minimum atomic E-state index is 0.946. The summed E-state index contributed by atoms with van der Waals surface area (Å²) in [6, 6.07) is 6.55. The van der Waals surface area contributed by atoms with Gasteiger partial charge in [-0.3, -0.25) is 3.53 Å². The van der Waals surface area contributed by atoms with Gasteiger partial charge >= 0.3 is 0 Å². The maximum absolute atomic E-state index is 3.10. The van der Waals surface area contributed by atoms with E-state index in [1.807, 2.05) is 0 Å². The van der Waals surface area contributed by atoms with Gasteiger partial charge in [-0.1, -0.05) is 18.2 Å². The zero-order valence-electron chi connectivity index (χ0n) is 6.82. The first kappa shape index (κ1) is 9.00. The molecule has 11 heavy (non-hydrogen) atoms. The maximum atomic E-state index is 3.10. The second-order valence-electron chi connectivity index (χ2n) is 2.73. The van der Waals surface area contributed by atoms with Crippen LogP contribution >= 0.6 is 22.9 Å². The molecular weight excluding hydrogens is 249 g/mol. The molecule has 0 bridgehead atoms. The first-order chi connectivity index (χ1) is 5.24. The zero-order chi connectivity index (χ0) is 8.27. The Morgan fingerprint density at radius 3 is 2.55 bits per heavy atom. The van der Waals surface area contributed by atoms with Gasteiger partial charge in [0.05, 0.1) is 0 Å². The van der Waals surface area contributed by atoms with Crippen LogP contribution in [0.1, 0.15) is 16.7 Å². The second-order valence-corrected chi connectivity index (χ2v) is 3.49. The van der Waals surface area contributed by atoms with Crippen molar-refractivity contribution in [2.75, 3.05) is 0 Å². The molecular formula is C9H12IN. The summed E-state index contributed by atoms with van der Waals surface area (Å²) in [4.78, 5) is 0. The molecule has 1 rings (SSSR count). The molecule has 0 unspecified atom stereocenters. The highest BCUT2D eigenvalue weighted by Gasteiger charge is 1.94. The average Bonchev–Trinajstić information content (AvgIpc) is 1.98. The van der Waals surface area contributed by atoms with Crippen LogP contribution in [-0.2, 0) is 6.54 Å². The molecule has 0 aliphatic heterocycles. The summed E-state index contributed by atoms with van der Waals surface area (Å²) in [6.07, 6.45) is 0. The Morgan fingerprint density at radius 2 is 2.00 bits per heavy atom. The van der Waals surface area contributed by atoms with Crippen molar-refractivity contribution in [2.45, 2.75) is 20.4 Å². The fourth-order valence-electron chi connectivity index (χ4n) is 0.991. The number of halogens is 1. The first-order valence-corrected chi connectivity index (χ1v) is 4.71. The Hall–Kier alpha value is -0.0900. The molecule has 2 heteroatoms. The third-order valence-corrected chi connectivity index (χ3v) is 2.22. The third-order valence-electron chi connectivity index (χ3n) is 1.84. The second kappa shape index (κ2) is 4.07. The van der Waals surface area contributed by atoms with Crippen LogP contribution in [0.4, 0.5) is 0 Å². The van der Waals surface area contributed by atoms with Crippen molar-refractivity contribution >= 4 is 22.9 Å². The lowest BCUT2D eigenvalue weighted by Crippen LogP contribution is -1.97. The summed E-state index contributed by atoms with van der Waals surface area (Å²) < 4.78 is 3.10. The third kappa shape index (κ3) is 2.45. The van der Waals surface area contributed by atoms with Crippen molar-refractivity contribution < 1.29 is 0 Å². The van der Waals surface area contributed by atoms with Crippen LogP contribution in [0.3, 0.4) is 0 Å². The standard InChI is InChI=1S/C9H12IN/c1-7-3-4-9(6-11-10)5-8(7)2/h3-5,11H,6H2,1-2H3. The first-order valence-electron chi connectivity index (χ1n) is 3.63. The van der Waals surface area contributed by atoms with E-state index >= 15 is 0 Å². The molecule has 60 valence electrons. The molecule has 0 aliphatic rings. The molecule has 0 atom stereocenters. The molecule has 1 nitrogen and oxygen atoms in total. The van der Waals surface area contributed by atoms with Crippen molar-refractivity contribution in [3.63, 3.8) is 0 Å². The Kier molecular flexibility index (Phi) is 3.33. The van der Waals surface area contributed by atoms with Gasteiger partial charge in [0.1, 0.15) is 0 Å². The molecule has 1 aromatic carbocycles. The van der Waals surface area contributed by atoms with Gasteiger partial charge in [-0.05, 0) is 30.5 Å². The Balaban J connectivity index is 2.86. The largest absolute Gasteiger partial charge is 0.257 e. The molecule has 0 radical (unpaired) electrons. The van der Waals surface area contributed by atoms with E-state index in [0.29, 0.717) is 0 Å². The molecule has 0 heterocycles. The number of hydrogen-bond acceptors (Lipinski definition) is 1. The maximum Gasteiger partial charge on any atom is 0.0301 e. The van der Waals surface area contributed by atoms with E-state index in [9.17, 15) is 0 Å². The van der Waals surface area contributed by atoms with Crippen molar-refractivity contribution in [3.8, 4) is 0 Å². The fraction of sp³-hybridized carbons (Fsp3) is 0.333. The molecule has 1 N–H and O–H groups in total. The molecule has 0 saturated carbocycles. The van der Waals surface area contributed by atoms with Gasteiger partial charge in [0.15, 0.2) is 0 Å². The molecule has 0 fully saturated rings. The van der Waals surface area contributed by atoms with Crippen LogP contribution < -0.4 is 3.53 Å². The topological polar surface area (TPSA) is 12.0 Å². The molecule has 0 aromatic heterocycles. The highest BCUT2D eigenvalue weighted by Crippen LogP contribution is 2.09. The van der Waals surface area contributed by atoms with Crippen molar-refractivity contribution in [1.29, 1.82) is 0 Å². The van der Waals surface area contributed by atoms with E-state index in [2.05, 4.69) is 58.4 Å². The van der Waals surface area contributed by atoms with Crippen molar-refractivity contribution in [1.82, 2.24) is 3.53 Å². The van der Waals surface area contributed by atoms with Gasteiger partial charge in [-0.25, -0.2) is 0 Å². The van der Waals surface area contributed by atoms with Gasteiger partial charge in [-0.15, -0.1) is 0 Å². The number of benzene rings is 1. The minimum Gasteiger partial charge on any atom is -0.257 e. The Labute approximate surface area is 81.7 Å². The number of nitrogens with one attached hydrogen (secondary N) is 1.